The van der Waals surface area contributed by atoms with Crippen LogP contribution in [0.2, 0.25) is 0 Å². The van der Waals surface area contributed by atoms with Crippen LogP contribution in [0.5, 0.6) is 5.75 Å². The van der Waals surface area contributed by atoms with Crippen LogP contribution in [0, 0.1) is 11.3 Å². The minimum absolute atomic E-state index is 0.0869. The number of alkyl halides is 3. The Balaban J connectivity index is 2.11. The second-order valence-corrected chi connectivity index (χ2v) is 15.9. The molecule has 1 aromatic carbocycles. The Morgan fingerprint density at radius 3 is 2.37 bits per heavy atom. The van der Waals surface area contributed by atoms with Gasteiger partial charge >= 0.3 is 5.97 Å². The summed E-state index contributed by atoms with van der Waals surface area (Å²) in [6.45, 7) is 12.2. The highest BCUT2D eigenvalue weighted by Crippen LogP contribution is 2.51. The lowest BCUT2D eigenvalue weighted by Gasteiger charge is -2.46. The number of benzene rings is 1. The van der Waals surface area contributed by atoms with Crippen molar-refractivity contribution < 1.29 is 19.7 Å². The zero-order valence-electron chi connectivity index (χ0n) is 21.6. The van der Waals surface area contributed by atoms with E-state index < -0.39 is 21.5 Å². The molecule has 1 aliphatic heterocycles. The first-order chi connectivity index (χ1) is 16.0. The number of cyclic esters (lactones) is 1. The number of allylic oxidation sites excluding steroid dienone is 2. The summed E-state index contributed by atoms with van der Waals surface area (Å²) in [5.41, 5.74) is 0.550. The minimum atomic E-state index is -0.977. The van der Waals surface area contributed by atoms with Gasteiger partial charge in [-0.25, -0.2) is 4.79 Å². The van der Waals surface area contributed by atoms with Gasteiger partial charge < -0.3 is 14.9 Å². The molecule has 196 valence electrons. The van der Waals surface area contributed by atoms with Crippen molar-refractivity contribution in [3.8, 4) is 5.75 Å². The SMILES string of the molecule is CC1=CC[C@H](Br)[C@@]2(C)CC[C@@H](Br)[C@@](C)(O)CCC(C)(C(C)(C)Br)OC(=O)c3ccc(O)c(c3)C[C@H]12. The molecule has 0 spiro atoms. The molecule has 35 heavy (non-hydrogen) atoms. The highest BCUT2D eigenvalue weighted by Gasteiger charge is 2.47. The van der Waals surface area contributed by atoms with E-state index >= 15 is 0 Å². The van der Waals surface area contributed by atoms with Gasteiger partial charge in [0, 0.05) is 9.65 Å². The lowest BCUT2D eigenvalue weighted by atomic mass is 9.62. The standard InChI is InChI=1S/C28H39Br3O4/c1-17-7-10-22(29)26(4)12-11-23(30)27(5,34)13-14-28(6,25(2,3)31)35-24(33)18-8-9-21(32)19(15-18)16-20(17)26/h7-9,15,20,22-23,32,34H,10-14,16H2,1-6H3/t20-,22+,23-,26+,27+,28?/m1/s1. The molecule has 3 rings (SSSR count). The fourth-order valence-corrected chi connectivity index (χ4v) is 6.86. The largest absolute Gasteiger partial charge is 0.508 e. The molecule has 0 saturated heterocycles. The zero-order chi connectivity index (χ0) is 26.4. The summed E-state index contributed by atoms with van der Waals surface area (Å²) in [6.07, 6.45) is 6.51. The number of aliphatic hydroxyl groups is 1. The second-order valence-electron chi connectivity index (χ2n) is 11.7. The third-order valence-electron chi connectivity index (χ3n) is 8.74. The average Bonchev–Trinajstić information content (AvgIpc) is 2.76. The number of hydrogen-bond acceptors (Lipinski definition) is 4. The molecule has 6 atom stereocenters. The van der Waals surface area contributed by atoms with E-state index in [9.17, 15) is 15.0 Å². The van der Waals surface area contributed by atoms with Crippen LogP contribution < -0.4 is 0 Å². The maximum absolute atomic E-state index is 13.4. The van der Waals surface area contributed by atoms with Crippen molar-refractivity contribution in [2.24, 2.45) is 11.3 Å². The van der Waals surface area contributed by atoms with Gasteiger partial charge in [-0.05, 0) is 108 Å². The van der Waals surface area contributed by atoms with Gasteiger partial charge in [0.2, 0.25) is 0 Å². The Bertz CT molecular complexity index is 983. The fourth-order valence-electron chi connectivity index (χ4n) is 5.39. The molecule has 0 saturated carbocycles. The van der Waals surface area contributed by atoms with Gasteiger partial charge in [-0.3, -0.25) is 0 Å². The lowest BCUT2D eigenvalue weighted by molar-refractivity contribution is -0.0447. The molecule has 4 nitrogen and oxygen atoms in total. The number of halogens is 3. The van der Waals surface area contributed by atoms with E-state index in [2.05, 4.69) is 67.7 Å². The number of rotatable bonds is 1. The summed E-state index contributed by atoms with van der Waals surface area (Å²) >= 11 is 11.5. The number of hydrogen-bond donors (Lipinski definition) is 2. The molecule has 1 aromatic rings. The molecule has 0 amide bonds. The topological polar surface area (TPSA) is 66.8 Å². The van der Waals surface area contributed by atoms with Crippen LogP contribution >= 0.6 is 47.8 Å². The van der Waals surface area contributed by atoms with Crippen LogP contribution in [0.3, 0.4) is 0 Å². The van der Waals surface area contributed by atoms with Crippen molar-refractivity contribution >= 4 is 53.8 Å². The summed E-state index contributed by atoms with van der Waals surface area (Å²) in [5.74, 6) is -0.0508. The Hall–Kier alpha value is -0.370. The zero-order valence-corrected chi connectivity index (χ0v) is 26.4. The Morgan fingerprint density at radius 1 is 1.09 bits per heavy atom. The summed E-state index contributed by atoms with van der Waals surface area (Å²) in [4.78, 5) is 13.5. The van der Waals surface area contributed by atoms with E-state index in [4.69, 9.17) is 4.74 Å². The molecule has 0 aromatic heterocycles. The van der Waals surface area contributed by atoms with E-state index in [1.165, 1.54) is 5.57 Å². The van der Waals surface area contributed by atoms with Gasteiger partial charge in [-0.1, -0.05) is 66.4 Å². The number of phenolic OH excluding ortho intramolecular Hbond substituents is 1. The normalized spacial score (nSPS) is 37.4. The van der Waals surface area contributed by atoms with E-state index in [1.54, 1.807) is 18.2 Å². The van der Waals surface area contributed by atoms with E-state index in [0.29, 0.717) is 24.8 Å². The van der Waals surface area contributed by atoms with Crippen LogP contribution in [0.25, 0.3) is 0 Å². The van der Waals surface area contributed by atoms with Crippen LogP contribution in [0.4, 0.5) is 0 Å². The molecule has 2 bridgehead atoms. The number of carbonyl (C=O) groups excluding carboxylic acids is 1. The van der Waals surface area contributed by atoms with Crippen molar-refractivity contribution in [1.29, 1.82) is 0 Å². The Kier molecular flexibility index (Phi) is 8.69. The average molecular weight is 679 g/mol. The third-order valence-corrected chi connectivity index (χ3v) is 12.4. The molecule has 2 aliphatic rings. The molecule has 2 N–H and O–H groups in total. The van der Waals surface area contributed by atoms with Crippen LogP contribution in [-0.2, 0) is 11.2 Å². The fraction of sp³-hybridized carbons (Fsp3) is 0.679. The molecule has 0 fully saturated rings. The van der Waals surface area contributed by atoms with Gasteiger partial charge in [-0.2, -0.15) is 0 Å². The van der Waals surface area contributed by atoms with Crippen molar-refractivity contribution in [2.75, 3.05) is 0 Å². The predicted molar refractivity (Wildman–Crippen MR) is 153 cm³/mol. The van der Waals surface area contributed by atoms with Gasteiger partial charge in [0.15, 0.2) is 0 Å². The molecular weight excluding hydrogens is 640 g/mol. The first kappa shape index (κ1) is 29.2. The van der Waals surface area contributed by atoms with Gasteiger partial charge in [-0.15, -0.1) is 0 Å². The first-order valence-corrected chi connectivity index (χ1v) is 15.0. The maximum Gasteiger partial charge on any atom is 0.338 e. The van der Waals surface area contributed by atoms with Crippen LogP contribution in [0.15, 0.2) is 29.8 Å². The molecule has 1 aliphatic carbocycles. The third kappa shape index (κ3) is 6.04. The highest BCUT2D eigenvalue weighted by atomic mass is 79.9. The van der Waals surface area contributed by atoms with Crippen LogP contribution in [-0.4, -0.2) is 41.4 Å². The number of phenols is 1. The van der Waals surface area contributed by atoms with E-state index in [1.807, 2.05) is 27.7 Å². The molecule has 0 radical (unpaired) electrons. The monoisotopic (exact) mass is 676 g/mol. The Morgan fingerprint density at radius 2 is 1.74 bits per heavy atom. The molecule has 1 unspecified atom stereocenters. The molecule has 7 heteroatoms. The summed E-state index contributed by atoms with van der Waals surface area (Å²) < 4.78 is 5.62. The quantitative estimate of drug-likeness (QED) is 0.180. The van der Waals surface area contributed by atoms with Crippen molar-refractivity contribution in [3.63, 3.8) is 0 Å². The number of fused-ring (bicyclic) bond motifs is 3. The number of esters is 1. The smallest absolute Gasteiger partial charge is 0.338 e. The van der Waals surface area contributed by atoms with Gasteiger partial charge in [0.05, 0.1) is 15.5 Å². The highest BCUT2D eigenvalue weighted by molar-refractivity contribution is 9.10. The number of aromatic hydroxyl groups is 1. The van der Waals surface area contributed by atoms with Gasteiger partial charge in [0.1, 0.15) is 11.4 Å². The summed E-state index contributed by atoms with van der Waals surface area (Å²) in [6, 6.07) is 5.01. The number of ether oxygens (including phenoxy) is 1. The van der Waals surface area contributed by atoms with E-state index in [0.717, 1.165) is 24.8 Å². The Labute approximate surface area is 235 Å². The lowest BCUT2D eigenvalue weighted by Crippen LogP contribution is -2.49. The second kappa shape index (κ2) is 10.4. The molecular formula is C28H39Br3O4. The van der Waals surface area contributed by atoms with Crippen molar-refractivity contribution in [1.82, 2.24) is 0 Å². The summed E-state index contributed by atoms with van der Waals surface area (Å²) in [7, 11) is 0. The number of carbonyl (C=O) groups is 1. The predicted octanol–water partition coefficient (Wildman–Crippen LogP) is 7.85. The van der Waals surface area contributed by atoms with Crippen molar-refractivity contribution in [2.45, 2.75) is 105 Å². The van der Waals surface area contributed by atoms with Gasteiger partial charge in [0.25, 0.3) is 0 Å². The molecule has 1 heterocycles. The van der Waals surface area contributed by atoms with Crippen molar-refractivity contribution in [3.05, 3.63) is 41.0 Å². The van der Waals surface area contributed by atoms with Crippen LogP contribution in [0.1, 0.15) is 89.6 Å². The van der Waals surface area contributed by atoms with E-state index in [-0.39, 0.29) is 26.7 Å². The first-order valence-electron chi connectivity index (χ1n) is 12.4. The minimum Gasteiger partial charge on any atom is -0.508 e. The maximum atomic E-state index is 13.4. The summed E-state index contributed by atoms with van der Waals surface area (Å²) in [5, 5.41) is 22.2.